The van der Waals surface area contributed by atoms with Gasteiger partial charge in [-0.05, 0) is 212 Å². The molecule has 0 bridgehead atoms. The van der Waals surface area contributed by atoms with Crippen LogP contribution in [0.5, 0.6) is 5.75 Å². The first-order valence-electron chi connectivity index (χ1n) is 40.0. The van der Waals surface area contributed by atoms with Gasteiger partial charge in [0.1, 0.15) is 11.8 Å². The van der Waals surface area contributed by atoms with Gasteiger partial charge in [-0.2, -0.15) is 0 Å². The number of amides is 3. The van der Waals surface area contributed by atoms with Gasteiger partial charge < -0.3 is 74.2 Å². The summed E-state index contributed by atoms with van der Waals surface area (Å²) in [5, 5.41) is 9.13. The van der Waals surface area contributed by atoms with Crippen LogP contribution < -0.4 is 74.2 Å². The molecule has 0 aliphatic heterocycles. The lowest BCUT2D eigenvalue weighted by molar-refractivity contribution is -0.423. The zero-order valence-electron chi connectivity index (χ0n) is 67.2. The third-order valence-electron chi connectivity index (χ3n) is 19.4. The van der Waals surface area contributed by atoms with E-state index < -0.39 is 0 Å². The largest absolute Gasteiger partial charge is 1.00 e. The van der Waals surface area contributed by atoms with Crippen molar-refractivity contribution in [3.63, 3.8) is 0 Å². The van der Waals surface area contributed by atoms with Crippen molar-refractivity contribution < 1.29 is 60.2 Å². The van der Waals surface area contributed by atoms with Gasteiger partial charge in [0.2, 0.25) is 0 Å². The number of ether oxygens (including phenoxy) is 1. The second kappa shape index (κ2) is 52.3. The minimum absolute atomic E-state index is 0. The highest BCUT2D eigenvalue weighted by atomic mass is 35.5. The fourth-order valence-corrected chi connectivity index (χ4v) is 12.8. The van der Waals surface area contributed by atoms with Crippen molar-refractivity contribution in [1.29, 1.82) is 0 Å². The van der Waals surface area contributed by atoms with Crippen LogP contribution in [-0.2, 0) is 4.79 Å². The highest BCUT2D eigenvalue weighted by Gasteiger charge is 2.18. The number of nitrogens with two attached hydrogens (primary N) is 3. The van der Waals surface area contributed by atoms with Gasteiger partial charge in [-0.1, -0.05) is 296 Å². The fraction of sp³-hybridized carbons (Fsp3) is 0.240. The molecular formula is C100H116Cl2N8O5. The lowest BCUT2D eigenvalue weighted by atomic mass is 9.95. The van der Waals surface area contributed by atoms with Crippen LogP contribution in [0.4, 0.5) is 0 Å². The number of rotatable bonds is 32. The second-order valence-corrected chi connectivity index (χ2v) is 28.7. The Kier molecular flexibility index (Phi) is 42.2. The number of hydrogen-bond acceptors (Lipinski definition) is 8. The van der Waals surface area contributed by atoms with Gasteiger partial charge in [-0.25, -0.2) is 0 Å². The Hall–Kier alpha value is -11.1. The molecule has 0 fully saturated rings. The Morgan fingerprint density at radius 2 is 0.626 bits per heavy atom. The molecule has 0 saturated heterocycles. The molecule has 15 N–H and O–H groups in total. The van der Waals surface area contributed by atoms with Gasteiger partial charge in [0, 0.05) is 48.7 Å². The lowest BCUT2D eigenvalue weighted by Crippen LogP contribution is -3.00. The molecule has 600 valence electrons. The molecule has 0 unspecified atom stereocenters. The van der Waals surface area contributed by atoms with E-state index in [1.165, 1.54) is 32.1 Å². The summed E-state index contributed by atoms with van der Waals surface area (Å²) in [6, 6.07) is 105. The SMILES string of the molecule is CCCC[C@H](C)CN.CCCC[C@H](C)CNC(=O)c1cc(-c2ccccc2)cc(-c2ccccc2)c1.NCCC[C@H](N)CNC(=O)c1cc(-c2ccccc2)cc(-c2ccccc2)c1.O=COc1cc(-c2ccccc2)cc(-c2ccccc2)c1.[Cl-].[Cl-].[NH3+]CCC[C@H]([NH3+])CNC(=O)c1cc(-c2ccccc2)cc(-c2ccccc2)c1. The number of nitrogens with one attached hydrogen (secondary N) is 3. The number of benzene rings is 12. The molecule has 0 aliphatic rings. The minimum Gasteiger partial charge on any atom is -1.00 e. The summed E-state index contributed by atoms with van der Waals surface area (Å²) in [5.41, 5.74) is 44.0. The van der Waals surface area contributed by atoms with E-state index in [2.05, 4.69) is 152 Å². The van der Waals surface area contributed by atoms with Crippen molar-refractivity contribution in [3.8, 4) is 94.8 Å². The third-order valence-corrected chi connectivity index (χ3v) is 19.4. The molecule has 115 heavy (non-hydrogen) atoms. The van der Waals surface area contributed by atoms with E-state index in [0.29, 0.717) is 54.5 Å². The molecular weight excluding hydrogens is 1460 g/mol. The quantitative estimate of drug-likeness (QED) is 0.0188. The van der Waals surface area contributed by atoms with Crippen molar-refractivity contribution in [1.82, 2.24) is 16.0 Å². The van der Waals surface area contributed by atoms with Gasteiger partial charge in [-0.15, -0.1) is 0 Å². The van der Waals surface area contributed by atoms with Crippen LogP contribution in [0.2, 0.25) is 0 Å². The summed E-state index contributed by atoms with van der Waals surface area (Å²) >= 11 is 0. The van der Waals surface area contributed by atoms with Crippen LogP contribution in [0.1, 0.15) is 123 Å². The maximum atomic E-state index is 12.9. The van der Waals surface area contributed by atoms with Crippen molar-refractivity contribution in [2.24, 2.45) is 29.0 Å². The van der Waals surface area contributed by atoms with Crippen LogP contribution in [0.15, 0.2) is 315 Å². The number of unbranched alkanes of at least 4 members (excludes halogenated alkanes) is 2. The summed E-state index contributed by atoms with van der Waals surface area (Å²) in [5.74, 6) is 1.60. The van der Waals surface area contributed by atoms with E-state index in [4.69, 9.17) is 21.9 Å². The van der Waals surface area contributed by atoms with E-state index in [1.54, 1.807) is 0 Å². The first-order chi connectivity index (χ1) is 55.2. The molecule has 0 spiro atoms. The fourth-order valence-electron chi connectivity index (χ4n) is 12.8. The molecule has 15 heteroatoms. The highest BCUT2D eigenvalue weighted by Crippen LogP contribution is 2.34. The predicted molar refractivity (Wildman–Crippen MR) is 469 cm³/mol. The maximum Gasteiger partial charge on any atom is 0.298 e. The predicted octanol–water partition coefficient (Wildman–Crippen LogP) is 13.1. The maximum absolute atomic E-state index is 12.9. The highest BCUT2D eigenvalue weighted by molar-refractivity contribution is 5.99. The minimum atomic E-state index is -0.113. The standard InChI is InChI=1S/C26H29NO.2C24H27N3O.C19H14O2.C7H17N.2ClH/c1-3-4-11-20(2)19-27-26(28)25-17-23(21-12-7-5-8-13-21)16-24(18-25)22-14-9-6-10-15-22;2*25-13-7-12-23(26)17-27-24(28)22-15-20(18-8-3-1-4-9-18)14-21(16-22)19-10-5-2-6-11-19;20-14-21-19-12-17(15-7-3-1-4-8-15)11-18(13-19)16-9-5-2-6-10-16;1-3-4-5-7(2)6-8;;/h5-10,12-18,20H,3-4,11,19H2,1-2H3,(H,27,28);2*1-6,8-11,14-16,23H,7,12-13,17,25-26H2,(H,27,28);1-14H;7H,3-6,8H2,1-2H3;2*1H/t20-;2*23-;;7-;;/m000.0../s1. The first kappa shape index (κ1) is 92.8. The van der Waals surface area contributed by atoms with E-state index in [9.17, 15) is 19.2 Å². The van der Waals surface area contributed by atoms with Gasteiger partial charge in [0.05, 0.1) is 13.1 Å². The molecule has 0 aliphatic carbocycles. The third kappa shape index (κ3) is 32.0. The summed E-state index contributed by atoms with van der Waals surface area (Å²) in [4.78, 5) is 49.2. The Morgan fingerprint density at radius 3 is 0.887 bits per heavy atom. The smallest absolute Gasteiger partial charge is 0.298 e. The Balaban J connectivity index is 0.000000231. The Labute approximate surface area is 695 Å². The van der Waals surface area contributed by atoms with E-state index in [-0.39, 0.29) is 54.6 Å². The van der Waals surface area contributed by atoms with Crippen molar-refractivity contribution in [2.75, 3.05) is 39.3 Å². The van der Waals surface area contributed by atoms with Crippen LogP contribution in [-0.4, -0.2) is 75.5 Å². The zero-order valence-corrected chi connectivity index (χ0v) is 68.7. The lowest BCUT2D eigenvalue weighted by Gasteiger charge is -2.14. The Morgan fingerprint density at radius 1 is 0.357 bits per heavy atom. The number of carbonyl (C=O) groups excluding carboxylic acids is 4. The molecule has 13 nitrogen and oxygen atoms in total. The van der Waals surface area contributed by atoms with Crippen LogP contribution >= 0.6 is 0 Å². The van der Waals surface area contributed by atoms with Gasteiger partial charge in [-0.3, -0.25) is 19.2 Å². The second-order valence-electron chi connectivity index (χ2n) is 28.7. The molecule has 4 atom stereocenters. The van der Waals surface area contributed by atoms with Gasteiger partial charge in [0.15, 0.2) is 0 Å². The summed E-state index contributed by atoms with van der Waals surface area (Å²) in [7, 11) is 0. The van der Waals surface area contributed by atoms with Gasteiger partial charge in [0.25, 0.3) is 24.2 Å². The topological polar surface area (TPSA) is 247 Å². The average Bonchev–Trinajstić information content (AvgIpc) is 0.835. The molecule has 3 amide bonds. The molecule has 12 aromatic rings. The van der Waals surface area contributed by atoms with Crippen molar-refractivity contribution >= 4 is 24.2 Å². The van der Waals surface area contributed by atoms with Crippen LogP contribution in [0.25, 0.3) is 89.0 Å². The molecule has 12 aromatic carbocycles. The summed E-state index contributed by atoms with van der Waals surface area (Å²) in [6.07, 6.45) is 11.1. The number of carbonyl (C=O) groups is 4. The number of quaternary nitrogens is 2. The number of halogens is 2. The zero-order chi connectivity index (χ0) is 80.2. The van der Waals surface area contributed by atoms with Crippen molar-refractivity contribution in [3.05, 3.63) is 332 Å². The van der Waals surface area contributed by atoms with Crippen LogP contribution in [0, 0.1) is 11.8 Å². The molecule has 0 radical (unpaired) electrons. The first-order valence-corrected chi connectivity index (χ1v) is 40.0. The normalized spacial score (nSPS) is 11.4. The Bertz CT molecular complexity index is 4150. The molecule has 0 saturated carbocycles. The number of hydrogen-bond donors (Lipinski definition) is 8. The monoisotopic (exact) mass is 1580 g/mol. The van der Waals surface area contributed by atoms with E-state index >= 15 is 0 Å². The van der Waals surface area contributed by atoms with E-state index in [0.717, 1.165) is 147 Å². The van der Waals surface area contributed by atoms with E-state index in [1.807, 2.05) is 218 Å². The van der Waals surface area contributed by atoms with Crippen LogP contribution in [0.3, 0.4) is 0 Å². The molecule has 12 rings (SSSR count). The average molecular weight is 1580 g/mol. The molecule has 0 heterocycles. The molecule has 0 aromatic heterocycles. The van der Waals surface area contributed by atoms with Crippen molar-refractivity contribution in [2.45, 2.75) is 104 Å². The summed E-state index contributed by atoms with van der Waals surface area (Å²) in [6.45, 7) is 13.4. The summed E-state index contributed by atoms with van der Waals surface area (Å²) < 4.78 is 5.05. The van der Waals surface area contributed by atoms with Gasteiger partial charge >= 0.3 is 0 Å².